The third-order valence-corrected chi connectivity index (χ3v) is 3.98. The van der Waals surface area contributed by atoms with Gasteiger partial charge in [0.2, 0.25) is 0 Å². The van der Waals surface area contributed by atoms with Crippen LogP contribution in [0.4, 0.5) is 5.69 Å². The summed E-state index contributed by atoms with van der Waals surface area (Å²) in [5.41, 5.74) is -0.0283. The highest BCUT2D eigenvalue weighted by molar-refractivity contribution is 9.09. The number of benzene rings is 1. The molecule has 6 nitrogen and oxygen atoms in total. The van der Waals surface area contributed by atoms with Crippen molar-refractivity contribution in [2.45, 2.75) is 23.5 Å². The maximum Gasteiger partial charge on any atom is 0.273 e. The summed E-state index contributed by atoms with van der Waals surface area (Å²) in [5, 5.41) is 10.8. The van der Waals surface area contributed by atoms with Crippen LogP contribution >= 0.6 is 15.9 Å². The van der Waals surface area contributed by atoms with Crippen LogP contribution in [0.5, 0.6) is 11.5 Å². The maximum absolute atomic E-state index is 10.8. The summed E-state index contributed by atoms with van der Waals surface area (Å²) in [5.74, 6) is 0.835. The van der Waals surface area contributed by atoms with Crippen LogP contribution in [0.2, 0.25) is 0 Å². The Morgan fingerprint density at radius 2 is 2.11 bits per heavy atom. The predicted molar refractivity (Wildman–Crippen MR) is 72.2 cm³/mol. The lowest BCUT2D eigenvalue weighted by Gasteiger charge is -2.40. The van der Waals surface area contributed by atoms with E-state index in [2.05, 4.69) is 15.9 Å². The van der Waals surface area contributed by atoms with Gasteiger partial charge < -0.3 is 14.2 Å². The van der Waals surface area contributed by atoms with Crippen molar-refractivity contribution in [3.05, 3.63) is 28.3 Å². The van der Waals surface area contributed by atoms with Crippen LogP contribution in [0.25, 0.3) is 0 Å². The van der Waals surface area contributed by atoms with Gasteiger partial charge in [-0.15, -0.1) is 0 Å². The highest BCUT2D eigenvalue weighted by Gasteiger charge is 2.42. The number of ether oxygens (including phenoxy) is 3. The average molecular weight is 332 g/mol. The number of hydrogen-bond acceptors (Lipinski definition) is 5. The van der Waals surface area contributed by atoms with Gasteiger partial charge in [0.1, 0.15) is 12.2 Å². The minimum Gasteiger partial charge on any atom is -0.493 e. The van der Waals surface area contributed by atoms with E-state index in [9.17, 15) is 10.1 Å². The molecule has 1 aromatic carbocycles. The molecule has 2 rings (SSSR count). The second-order valence-corrected chi connectivity index (χ2v) is 5.38. The van der Waals surface area contributed by atoms with Crippen molar-refractivity contribution in [1.29, 1.82) is 0 Å². The van der Waals surface area contributed by atoms with Crippen molar-refractivity contribution in [2.24, 2.45) is 0 Å². The molecular formula is C12H14BrNO5. The Bertz CT molecular complexity index is 481. The molecular weight excluding hydrogens is 318 g/mol. The SMILES string of the molecule is COc1ccc([N+](=O)[O-])cc1OC1CC(Br)C1OC. The van der Waals surface area contributed by atoms with Crippen LogP contribution < -0.4 is 9.47 Å². The molecule has 0 aliphatic heterocycles. The fourth-order valence-electron chi connectivity index (χ4n) is 1.98. The number of halogens is 1. The van der Waals surface area contributed by atoms with E-state index in [1.54, 1.807) is 7.11 Å². The van der Waals surface area contributed by atoms with Gasteiger partial charge in [-0.05, 0) is 6.07 Å². The highest BCUT2D eigenvalue weighted by Crippen LogP contribution is 2.38. The molecule has 0 heterocycles. The molecule has 1 aliphatic carbocycles. The summed E-state index contributed by atoms with van der Waals surface area (Å²) in [4.78, 5) is 10.6. The molecule has 104 valence electrons. The van der Waals surface area contributed by atoms with E-state index >= 15 is 0 Å². The molecule has 1 aliphatic rings. The number of nitro benzene ring substituents is 1. The van der Waals surface area contributed by atoms with Crippen molar-refractivity contribution in [1.82, 2.24) is 0 Å². The second-order valence-electron chi connectivity index (χ2n) is 4.20. The quantitative estimate of drug-likeness (QED) is 0.471. The van der Waals surface area contributed by atoms with Gasteiger partial charge in [0.25, 0.3) is 5.69 Å². The normalized spacial score (nSPS) is 25.5. The van der Waals surface area contributed by atoms with Crippen LogP contribution in [0.15, 0.2) is 18.2 Å². The molecule has 0 radical (unpaired) electrons. The largest absolute Gasteiger partial charge is 0.493 e. The molecule has 3 atom stereocenters. The lowest BCUT2D eigenvalue weighted by atomic mass is 9.91. The maximum atomic E-state index is 10.8. The molecule has 0 saturated heterocycles. The van der Waals surface area contributed by atoms with Crippen molar-refractivity contribution < 1.29 is 19.1 Å². The van der Waals surface area contributed by atoms with Crippen LogP contribution in [-0.2, 0) is 4.74 Å². The highest BCUT2D eigenvalue weighted by atomic mass is 79.9. The zero-order chi connectivity index (χ0) is 14.0. The standard InChI is InChI=1S/C12H14BrNO5/c1-17-9-4-3-7(14(15)16)5-10(9)19-11-6-8(13)12(11)18-2/h3-5,8,11-12H,6H2,1-2H3. The van der Waals surface area contributed by atoms with Gasteiger partial charge in [-0.1, -0.05) is 15.9 Å². The molecule has 0 amide bonds. The number of methoxy groups -OCH3 is 2. The van der Waals surface area contributed by atoms with E-state index < -0.39 is 4.92 Å². The molecule has 1 aromatic rings. The number of non-ortho nitro benzene ring substituents is 1. The molecule has 1 saturated carbocycles. The molecule has 0 N–H and O–H groups in total. The zero-order valence-electron chi connectivity index (χ0n) is 10.5. The number of nitrogens with zero attached hydrogens (tertiary/aromatic N) is 1. The van der Waals surface area contributed by atoms with E-state index in [0.29, 0.717) is 11.5 Å². The minimum absolute atomic E-state index is 0.0283. The van der Waals surface area contributed by atoms with E-state index in [1.165, 1.54) is 25.3 Å². The van der Waals surface area contributed by atoms with Gasteiger partial charge in [0.05, 0.1) is 18.1 Å². The summed E-state index contributed by atoms with van der Waals surface area (Å²) >= 11 is 3.47. The van der Waals surface area contributed by atoms with E-state index in [1.807, 2.05) is 0 Å². The summed E-state index contributed by atoms with van der Waals surface area (Å²) in [6, 6.07) is 4.28. The summed E-state index contributed by atoms with van der Waals surface area (Å²) in [7, 11) is 3.11. The van der Waals surface area contributed by atoms with Crippen LogP contribution in [0.3, 0.4) is 0 Å². The first kappa shape index (κ1) is 14.1. The second kappa shape index (κ2) is 5.75. The zero-order valence-corrected chi connectivity index (χ0v) is 12.1. The third-order valence-electron chi connectivity index (χ3n) is 3.09. The Balaban J connectivity index is 2.18. The fraction of sp³-hybridized carbons (Fsp3) is 0.500. The first-order valence-corrected chi connectivity index (χ1v) is 6.64. The molecule has 0 aromatic heterocycles. The third kappa shape index (κ3) is 2.82. The van der Waals surface area contributed by atoms with Gasteiger partial charge in [-0.25, -0.2) is 0 Å². The summed E-state index contributed by atoms with van der Waals surface area (Å²) in [6.45, 7) is 0. The smallest absolute Gasteiger partial charge is 0.273 e. The minimum atomic E-state index is -0.464. The van der Waals surface area contributed by atoms with Crippen molar-refractivity contribution in [3.63, 3.8) is 0 Å². The van der Waals surface area contributed by atoms with Crippen LogP contribution in [0, 0.1) is 10.1 Å². The molecule has 0 spiro atoms. The van der Waals surface area contributed by atoms with Gasteiger partial charge in [0, 0.05) is 24.4 Å². The fourth-order valence-corrected chi connectivity index (χ4v) is 2.90. The molecule has 19 heavy (non-hydrogen) atoms. The first-order chi connectivity index (χ1) is 9.06. The van der Waals surface area contributed by atoms with Crippen LogP contribution in [0.1, 0.15) is 6.42 Å². The predicted octanol–water partition coefficient (Wildman–Crippen LogP) is 2.53. The number of alkyl halides is 1. The van der Waals surface area contributed by atoms with Gasteiger partial charge in [-0.2, -0.15) is 0 Å². The van der Waals surface area contributed by atoms with Crippen molar-refractivity contribution in [3.8, 4) is 11.5 Å². The lowest BCUT2D eigenvalue weighted by Crippen LogP contribution is -2.51. The molecule has 3 unspecified atom stereocenters. The number of nitro groups is 1. The first-order valence-electron chi connectivity index (χ1n) is 5.72. The number of rotatable bonds is 5. The van der Waals surface area contributed by atoms with E-state index in [4.69, 9.17) is 14.2 Å². The van der Waals surface area contributed by atoms with Crippen LogP contribution in [-0.4, -0.2) is 36.2 Å². The number of hydrogen-bond donors (Lipinski definition) is 0. The Morgan fingerprint density at radius 1 is 1.37 bits per heavy atom. The summed E-state index contributed by atoms with van der Waals surface area (Å²) in [6.07, 6.45) is 0.582. The topological polar surface area (TPSA) is 70.8 Å². The Hall–Kier alpha value is -1.34. The van der Waals surface area contributed by atoms with Gasteiger partial charge in [0.15, 0.2) is 11.5 Å². The van der Waals surface area contributed by atoms with E-state index in [-0.39, 0.29) is 22.7 Å². The average Bonchev–Trinajstić information content (AvgIpc) is 2.38. The molecule has 7 heteroatoms. The van der Waals surface area contributed by atoms with Crippen molar-refractivity contribution in [2.75, 3.05) is 14.2 Å². The van der Waals surface area contributed by atoms with Crippen molar-refractivity contribution >= 4 is 21.6 Å². The Morgan fingerprint density at radius 3 is 2.63 bits per heavy atom. The Kier molecular flexibility index (Phi) is 4.26. The monoisotopic (exact) mass is 331 g/mol. The summed E-state index contributed by atoms with van der Waals surface area (Å²) < 4.78 is 16.2. The molecule has 0 bridgehead atoms. The van der Waals surface area contributed by atoms with E-state index in [0.717, 1.165) is 6.42 Å². The van der Waals surface area contributed by atoms with Gasteiger partial charge in [-0.3, -0.25) is 10.1 Å². The van der Waals surface area contributed by atoms with Gasteiger partial charge >= 0.3 is 0 Å². The lowest BCUT2D eigenvalue weighted by molar-refractivity contribution is -0.385. The molecule has 1 fully saturated rings. The Labute approximate surface area is 118 Å².